The molecule has 1 aliphatic heterocycles. The Kier molecular flexibility index (Phi) is 6.43. The summed E-state index contributed by atoms with van der Waals surface area (Å²) in [6.45, 7) is 3.10. The van der Waals surface area contributed by atoms with E-state index in [0.29, 0.717) is 12.2 Å². The van der Waals surface area contributed by atoms with E-state index in [2.05, 4.69) is 10.4 Å². The maximum absolute atomic E-state index is 12.7. The molecule has 8 heteroatoms. The molecule has 0 spiro atoms. The Hall–Kier alpha value is -3.42. The van der Waals surface area contributed by atoms with Gasteiger partial charge in [-0.2, -0.15) is 5.10 Å². The maximum Gasteiger partial charge on any atom is 0.308 e. The number of nitrogens with one attached hydrogen (secondary N) is 1. The zero-order chi connectivity index (χ0) is 20.8. The van der Waals surface area contributed by atoms with Crippen LogP contribution in [0.25, 0.3) is 0 Å². The van der Waals surface area contributed by atoms with Crippen molar-refractivity contribution < 1.29 is 23.5 Å². The van der Waals surface area contributed by atoms with E-state index in [9.17, 15) is 14.4 Å². The third kappa shape index (κ3) is 5.31. The highest BCUT2D eigenvalue weighted by Crippen LogP contribution is 2.33. The second-order valence-corrected chi connectivity index (χ2v) is 6.78. The van der Waals surface area contributed by atoms with Gasteiger partial charge in [0.2, 0.25) is 5.91 Å². The van der Waals surface area contributed by atoms with Gasteiger partial charge in [-0.1, -0.05) is 29.8 Å². The van der Waals surface area contributed by atoms with Crippen LogP contribution in [0.3, 0.4) is 0 Å². The van der Waals surface area contributed by atoms with Crippen LogP contribution in [0.4, 0.5) is 0 Å². The van der Waals surface area contributed by atoms with Gasteiger partial charge in [-0.05, 0) is 24.6 Å². The number of benzene rings is 1. The van der Waals surface area contributed by atoms with E-state index in [1.807, 2.05) is 31.2 Å². The van der Waals surface area contributed by atoms with Gasteiger partial charge in [0, 0.05) is 19.9 Å². The number of nitrogens with zero attached hydrogens (tertiary/aromatic N) is 2. The van der Waals surface area contributed by atoms with E-state index < -0.39 is 24.5 Å². The van der Waals surface area contributed by atoms with E-state index in [4.69, 9.17) is 9.15 Å². The predicted octanol–water partition coefficient (Wildman–Crippen LogP) is 2.34. The molecule has 0 saturated heterocycles. The highest BCUT2D eigenvalue weighted by molar-refractivity contribution is 6.03. The molecule has 0 saturated carbocycles. The van der Waals surface area contributed by atoms with Gasteiger partial charge in [-0.25, -0.2) is 5.01 Å². The van der Waals surface area contributed by atoms with Gasteiger partial charge in [-0.3, -0.25) is 14.4 Å². The molecule has 0 aliphatic carbocycles. The average Bonchev–Trinajstić information content (AvgIpc) is 3.36. The number of carbonyl (C=O) groups excluding carboxylic acids is 3. The molecule has 1 aromatic carbocycles. The van der Waals surface area contributed by atoms with Crippen molar-refractivity contribution in [1.82, 2.24) is 10.3 Å². The molecular weight excluding hydrogens is 374 g/mol. The molecular formula is C21H23N3O5. The Morgan fingerprint density at radius 2 is 2.00 bits per heavy atom. The van der Waals surface area contributed by atoms with Gasteiger partial charge < -0.3 is 14.5 Å². The van der Waals surface area contributed by atoms with Crippen LogP contribution in [0, 0.1) is 6.92 Å². The number of ether oxygens (including phenoxy) is 1. The number of hydrogen-bond acceptors (Lipinski definition) is 6. The summed E-state index contributed by atoms with van der Waals surface area (Å²) >= 11 is 0. The minimum atomic E-state index is -0.566. The quantitative estimate of drug-likeness (QED) is 0.723. The van der Waals surface area contributed by atoms with Gasteiger partial charge in [0.1, 0.15) is 11.8 Å². The summed E-state index contributed by atoms with van der Waals surface area (Å²) in [7, 11) is 0. The molecule has 29 heavy (non-hydrogen) atoms. The van der Waals surface area contributed by atoms with E-state index in [-0.39, 0.29) is 18.9 Å². The second kappa shape index (κ2) is 9.18. The standard InChI is InChI=1S/C21H23N3O5/c1-14-5-7-16(8-6-14)17-12-18(19-4-3-11-28-19)24(23-17)20(26)13-29-21(27)9-10-22-15(2)25/h3-8,11,18H,9-10,12-13H2,1-2H3,(H,22,25)/t18-/m0/s1. The molecule has 1 aliphatic rings. The number of hydrazone groups is 1. The number of carbonyl (C=O) groups is 3. The third-order valence-electron chi connectivity index (χ3n) is 4.48. The Morgan fingerprint density at radius 1 is 1.24 bits per heavy atom. The van der Waals surface area contributed by atoms with E-state index in [1.54, 1.807) is 18.4 Å². The maximum atomic E-state index is 12.7. The summed E-state index contributed by atoms with van der Waals surface area (Å²) in [5.41, 5.74) is 2.82. The Morgan fingerprint density at radius 3 is 2.66 bits per heavy atom. The fourth-order valence-corrected chi connectivity index (χ4v) is 2.98. The molecule has 0 unspecified atom stereocenters. The van der Waals surface area contributed by atoms with Crippen LogP contribution >= 0.6 is 0 Å². The summed E-state index contributed by atoms with van der Waals surface area (Å²) in [5, 5.41) is 8.30. The van der Waals surface area contributed by atoms with E-state index in [1.165, 1.54) is 11.9 Å². The smallest absolute Gasteiger partial charge is 0.308 e. The Balaban J connectivity index is 1.67. The molecule has 0 radical (unpaired) electrons. The summed E-state index contributed by atoms with van der Waals surface area (Å²) in [5.74, 6) is -0.628. The van der Waals surface area contributed by atoms with Gasteiger partial charge in [0.25, 0.3) is 5.91 Å². The predicted molar refractivity (Wildman–Crippen MR) is 105 cm³/mol. The van der Waals surface area contributed by atoms with Crippen LogP contribution in [-0.4, -0.2) is 41.7 Å². The van der Waals surface area contributed by atoms with Gasteiger partial charge in [0.05, 0.1) is 18.4 Å². The van der Waals surface area contributed by atoms with Crippen molar-refractivity contribution in [1.29, 1.82) is 0 Å². The lowest BCUT2D eigenvalue weighted by molar-refractivity contribution is -0.152. The van der Waals surface area contributed by atoms with Crippen molar-refractivity contribution in [2.45, 2.75) is 32.7 Å². The molecule has 0 fully saturated rings. The van der Waals surface area contributed by atoms with Crippen molar-refractivity contribution in [3.63, 3.8) is 0 Å². The molecule has 152 valence electrons. The number of esters is 1. The first-order valence-corrected chi connectivity index (χ1v) is 9.34. The number of hydrogen-bond donors (Lipinski definition) is 1. The summed E-state index contributed by atoms with van der Waals surface area (Å²) in [4.78, 5) is 35.3. The average molecular weight is 397 g/mol. The van der Waals surface area contributed by atoms with Crippen LogP contribution < -0.4 is 5.32 Å². The number of aryl methyl sites for hydroxylation is 1. The Bertz CT molecular complexity index is 903. The number of rotatable bonds is 7. The molecule has 2 heterocycles. The molecule has 3 rings (SSSR count). The lowest BCUT2D eigenvalue weighted by atomic mass is 10.0. The highest BCUT2D eigenvalue weighted by Gasteiger charge is 2.35. The first kappa shape index (κ1) is 20.3. The first-order valence-electron chi connectivity index (χ1n) is 9.34. The second-order valence-electron chi connectivity index (χ2n) is 6.78. The first-order chi connectivity index (χ1) is 13.9. The zero-order valence-corrected chi connectivity index (χ0v) is 16.4. The van der Waals surface area contributed by atoms with Crippen LogP contribution in [0.1, 0.15) is 42.7 Å². The largest absolute Gasteiger partial charge is 0.467 e. The lowest BCUT2D eigenvalue weighted by Crippen LogP contribution is -2.31. The highest BCUT2D eigenvalue weighted by atomic mass is 16.5. The van der Waals surface area contributed by atoms with Crippen molar-refractivity contribution in [2.24, 2.45) is 5.10 Å². The monoisotopic (exact) mass is 397 g/mol. The van der Waals surface area contributed by atoms with Gasteiger partial charge >= 0.3 is 5.97 Å². The Labute approximate surface area is 168 Å². The minimum absolute atomic E-state index is 0.00758. The minimum Gasteiger partial charge on any atom is -0.467 e. The zero-order valence-electron chi connectivity index (χ0n) is 16.4. The molecule has 0 bridgehead atoms. The summed E-state index contributed by atoms with van der Waals surface area (Å²) < 4.78 is 10.5. The fraction of sp³-hybridized carbons (Fsp3) is 0.333. The summed E-state index contributed by atoms with van der Waals surface area (Å²) in [6.07, 6.45) is 2.04. The van der Waals surface area contributed by atoms with Crippen LogP contribution in [0.2, 0.25) is 0 Å². The normalized spacial score (nSPS) is 15.7. The fourth-order valence-electron chi connectivity index (χ4n) is 2.98. The molecule has 2 aromatic rings. The molecule has 1 atom stereocenters. The molecule has 1 N–H and O–H groups in total. The number of furan rings is 1. The van der Waals surface area contributed by atoms with E-state index >= 15 is 0 Å². The molecule has 2 amide bonds. The van der Waals surface area contributed by atoms with Gasteiger partial charge in [-0.15, -0.1) is 0 Å². The van der Waals surface area contributed by atoms with Crippen molar-refractivity contribution in [2.75, 3.05) is 13.2 Å². The van der Waals surface area contributed by atoms with Gasteiger partial charge in [0.15, 0.2) is 6.61 Å². The number of amides is 2. The summed E-state index contributed by atoms with van der Waals surface area (Å²) in [6, 6.07) is 11.0. The van der Waals surface area contributed by atoms with Crippen molar-refractivity contribution in [3.8, 4) is 0 Å². The molecule has 8 nitrogen and oxygen atoms in total. The topological polar surface area (TPSA) is 101 Å². The lowest BCUT2D eigenvalue weighted by Gasteiger charge is -2.19. The van der Waals surface area contributed by atoms with Crippen LogP contribution in [0.5, 0.6) is 0 Å². The SMILES string of the molecule is CC(=O)NCCC(=O)OCC(=O)N1N=C(c2ccc(C)cc2)C[C@H]1c1ccco1. The van der Waals surface area contributed by atoms with E-state index in [0.717, 1.165) is 16.8 Å². The molecule has 1 aromatic heterocycles. The van der Waals surface area contributed by atoms with Crippen LogP contribution in [0.15, 0.2) is 52.2 Å². The van der Waals surface area contributed by atoms with Crippen molar-refractivity contribution >= 4 is 23.5 Å². The third-order valence-corrected chi connectivity index (χ3v) is 4.48. The van der Waals surface area contributed by atoms with Crippen LogP contribution in [-0.2, 0) is 19.1 Å². The van der Waals surface area contributed by atoms with Crippen molar-refractivity contribution in [3.05, 3.63) is 59.5 Å².